The predicted molar refractivity (Wildman–Crippen MR) is 77.3 cm³/mol. The van der Waals surface area contributed by atoms with Gasteiger partial charge in [-0.15, -0.1) is 11.3 Å². The van der Waals surface area contributed by atoms with E-state index in [1.807, 2.05) is 18.7 Å². The average Bonchev–Trinajstić information content (AvgIpc) is 2.65. The molecule has 0 N–H and O–H groups in total. The van der Waals surface area contributed by atoms with E-state index >= 15 is 0 Å². The molecule has 0 aliphatic rings. The molecule has 1 heterocycles. The molecule has 0 fully saturated rings. The summed E-state index contributed by atoms with van der Waals surface area (Å²) in [6.45, 7) is 5.75. The molecule has 1 aromatic rings. The molecule has 1 aromatic heterocycles. The molecule has 0 aliphatic carbocycles. The van der Waals surface area contributed by atoms with E-state index in [1.165, 1.54) is 11.3 Å². The Morgan fingerprint density at radius 3 is 2.67 bits per heavy atom. The van der Waals surface area contributed by atoms with Crippen molar-refractivity contribution < 1.29 is 9.53 Å². The van der Waals surface area contributed by atoms with Crippen molar-refractivity contribution in [1.82, 2.24) is 4.90 Å². The predicted octanol–water partition coefficient (Wildman–Crippen LogP) is 3.59. The zero-order valence-electron chi connectivity index (χ0n) is 10.7. The quantitative estimate of drug-likeness (QED) is 0.721. The summed E-state index contributed by atoms with van der Waals surface area (Å²) < 4.78 is 6.10. The van der Waals surface area contributed by atoms with Crippen LogP contribution in [0.25, 0.3) is 0 Å². The van der Waals surface area contributed by atoms with Gasteiger partial charge in [-0.1, -0.05) is 30.1 Å². The van der Waals surface area contributed by atoms with Crippen LogP contribution >= 0.6 is 34.5 Å². The number of Topliss-reactive ketones (excluding diaryl/α,β-unsaturated/α-hetero) is 1. The number of hydrogen-bond donors (Lipinski definition) is 0. The molecule has 18 heavy (non-hydrogen) atoms. The van der Waals surface area contributed by atoms with Crippen LogP contribution in [0.2, 0.25) is 8.67 Å². The van der Waals surface area contributed by atoms with E-state index in [2.05, 4.69) is 0 Å². The third kappa shape index (κ3) is 4.21. The number of ether oxygens (including phenoxy) is 1. The van der Waals surface area contributed by atoms with Crippen molar-refractivity contribution >= 4 is 40.3 Å². The zero-order valence-corrected chi connectivity index (χ0v) is 13.0. The summed E-state index contributed by atoms with van der Waals surface area (Å²) in [5.74, 6) is -0.00652. The van der Waals surface area contributed by atoms with E-state index in [9.17, 15) is 4.79 Å². The minimum Gasteiger partial charge on any atom is -0.383 e. The number of thiophene rings is 1. The van der Waals surface area contributed by atoms with Crippen LogP contribution in [0.1, 0.15) is 24.2 Å². The molecule has 0 aliphatic heterocycles. The SMILES string of the molecule is CCN(CC(=O)c1cc(Cl)sc1Cl)C(C)COC. The van der Waals surface area contributed by atoms with Gasteiger partial charge in [-0.05, 0) is 19.5 Å². The van der Waals surface area contributed by atoms with Crippen molar-refractivity contribution in [2.24, 2.45) is 0 Å². The highest BCUT2D eigenvalue weighted by atomic mass is 35.5. The Bertz CT molecular complexity index is 409. The van der Waals surface area contributed by atoms with Gasteiger partial charge in [0.15, 0.2) is 5.78 Å². The fourth-order valence-electron chi connectivity index (χ4n) is 1.73. The third-order valence-electron chi connectivity index (χ3n) is 2.74. The summed E-state index contributed by atoms with van der Waals surface area (Å²) in [7, 11) is 1.65. The Hall–Kier alpha value is -0.130. The second-order valence-electron chi connectivity index (χ2n) is 4.03. The molecule has 0 spiro atoms. The maximum absolute atomic E-state index is 12.1. The molecule has 1 unspecified atom stereocenters. The molecular weight excluding hydrogens is 293 g/mol. The minimum atomic E-state index is -0.00652. The molecule has 0 radical (unpaired) electrons. The maximum atomic E-state index is 12.1. The Balaban J connectivity index is 2.70. The van der Waals surface area contributed by atoms with E-state index in [1.54, 1.807) is 13.2 Å². The van der Waals surface area contributed by atoms with Gasteiger partial charge in [0.2, 0.25) is 0 Å². The van der Waals surface area contributed by atoms with Gasteiger partial charge in [-0.3, -0.25) is 9.69 Å². The molecule has 0 saturated carbocycles. The summed E-state index contributed by atoms with van der Waals surface area (Å²) in [5, 5.41) is 0. The number of likely N-dealkylation sites (N-methyl/N-ethyl adjacent to an activating group) is 1. The highest BCUT2D eigenvalue weighted by Gasteiger charge is 2.20. The highest BCUT2D eigenvalue weighted by molar-refractivity contribution is 7.20. The average molecular weight is 310 g/mol. The summed E-state index contributed by atoms with van der Waals surface area (Å²) in [5.41, 5.74) is 0.509. The van der Waals surface area contributed by atoms with Crippen molar-refractivity contribution in [3.05, 3.63) is 20.3 Å². The lowest BCUT2D eigenvalue weighted by Crippen LogP contribution is -2.39. The van der Waals surface area contributed by atoms with Gasteiger partial charge < -0.3 is 4.74 Å². The van der Waals surface area contributed by atoms with Gasteiger partial charge in [0.05, 0.1) is 23.1 Å². The van der Waals surface area contributed by atoms with Crippen molar-refractivity contribution in [2.75, 3.05) is 26.8 Å². The highest BCUT2D eigenvalue weighted by Crippen LogP contribution is 2.31. The Morgan fingerprint density at radius 1 is 1.56 bits per heavy atom. The maximum Gasteiger partial charge on any atom is 0.179 e. The molecule has 6 heteroatoms. The third-order valence-corrected chi connectivity index (χ3v) is 4.23. The van der Waals surface area contributed by atoms with E-state index in [4.69, 9.17) is 27.9 Å². The largest absolute Gasteiger partial charge is 0.383 e. The molecule has 3 nitrogen and oxygen atoms in total. The Labute approximate surface area is 122 Å². The van der Waals surface area contributed by atoms with Crippen LogP contribution in [-0.2, 0) is 4.74 Å². The number of hydrogen-bond acceptors (Lipinski definition) is 4. The fourth-order valence-corrected chi connectivity index (χ4v) is 3.22. The molecule has 0 aromatic carbocycles. The molecule has 0 amide bonds. The molecule has 1 rings (SSSR count). The Kier molecular flexibility index (Phi) is 6.60. The van der Waals surface area contributed by atoms with Crippen LogP contribution in [0.5, 0.6) is 0 Å². The number of halogens is 2. The summed E-state index contributed by atoms with van der Waals surface area (Å²) >= 11 is 13.0. The first-order chi connectivity index (χ1) is 8.49. The lowest BCUT2D eigenvalue weighted by molar-refractivity contribution is 0.0788. The fraction of sp³-hybridized carbons (Fsp3) is 0.583. The van der Waals surface area contributed by atoms with Gasteiger partial charge in [-0.2, -0.15) is 0 Å². The molecule has 0 saturated heterocycles. The van der Waals surface area contributed by atoms with Crippen molar-refractivity contribution in [3.8, 4) is 0 Å². The standard InChI is InChI=1S/C12H17Cl2NO2S/c1-4-15(8(2)7-17-3)6-10(16)9-5-11(13)18-12(9)14/h5,8H,4,6-7H2,1-3H3. The van der Waals surface area contributed by atoms with E-state index in [0.717, 1.165) is 6.54 Å². The van der Waals surface area contributed by atoms with E-state index in [0.29, 0.717) is 27.4 Å². The van der Waals surface area contributed by atoms with Crippen molar-refractivity contribution in [1.29, 1.82) is 0 Å². The number of nitrogens with zero attached hydrogens (tertiary/aromatic N) is 1. The van der Waals surface area contributed by atoms with Gasteiger partial charge >= 0.3 is 0 Å². The van der Waals surface area contributed by atoms with E-state index < -0.39 is 0 Å². The monoisotopic (exact) mass is 309 g/mol. The lowest BCUT2D eigenvalue weighted by atomic mass is 10.2. The minimum absolute atomic E-state index is 0.00652. The second kappa shape index (κ2) is 7.46. The number of carbonyl (C=O) groups is 1. The van der Waals surface area contributed by atoms with E-state index in [-0.39, 0.29) is 11.8 Å². The smallest absolute Gasteiger partial charge is 0.179 e. The van der Waals surface area contributed by atoms with Crippen LogP contribution in [0.4, 0.5) is 0 Å². The van der Waals surface area contributed by atoms with Crippen LogP contribution in [0.15, 0.2) is 6.07 Å². The first kappa shape index (κ1) is 15.9. The molecular formula is C12H17Cl2NO2S. The normalized spacial score (nSPS) is 13.0. The van der Waals surface area contributed by atoms with Crippen LogP contribution < -0.4 is 0 Å². The van der Waals surface area contributed by atoms with Crippen LogP contribution in [0.3, 0.4) is 0 Å². The van der Waals surface area contributed by atoms with Crippen molar-refractivity contribution in [2.45, 2.75) is 19.9 Å². The summed E-state index contributed by atoms with van der Waals surface area (Å²) in [6, 6.07) is 1.82. The molecule has 1 atom stereocenters. The summed E-state index contributed by atoms with van der Waals surface area (Å²) in [6.07, 6.45) is 0. The number of rotatable bonds is 7. The second-order valence-corrected chi connectivity index (χ2v) is 6.31. The first-order valence-electron chi connectivity index (χ1n) is 5.70. The zero-order chi connectivity index (χ0) is 13.7. The topological polar surface area (TPSA) is 29.5 Å². The van der Waals surface area contributed by atoms with Gasteiger partial charge in [-0.25, -0.2) is 0 Å². The van der Waals surface area contributed by atoms with Gasteiger partial charge in [0.25, 0.3) is 0 Å². The molecule has 0 bridgehead atoms. The number of carbonyl (C=O) groups excluding carboxylic acids is 1. The van der Waals surface area contributed by atoms with Gasteiger partial charge in [0.1, 0.15) is 4.34 Å². The lowest BCUT2D eigenvalue weighted by Gasteiger charge is -2.26. The Morgan fingerprint density at radius 2 is 2.22 bits per heavy atom. The first-order valence-corrected chi connectivity index (χ1v) is 7.27. The van der Waals surface area contributed by atoms with Crippen molar-refractivity contribution in [3.63, 3.8) is 0 Å². The van der Waals surface area contributed by atoms with Gasteiger partial charge in [0, 0.05) is 13.2 Å². The van der Waals surface area contributed by atoms with Crippen LogP contribution in [-0.4, -0.2) is 43.5 Å². The molecule has 102 valence electrons. The van der Waals surface area contributed by atoms with Crippen LogP contribution in [0, 0.1) is 0 Å². The summed E-state index contributed by atoms with van der Waals surface area (Å²) in [4.78, 5) is 14.2. The number of ketones is 1. The number of methoxy groups -OCH3 is 1.